The number of amides is 6. The molecule has 65 heavy (non-hydrogen) atoms. The molecule has 5 N–H and O–H groups in total. The summed E-state index contributed by atoms with van der Waals surface area (Å²) in [5.74, 6) is -3.54. The summed E-state index contributed by atoms with van der Waals surface area (Å²) in [4.78, 5) is 87.0. The standard InChI is InChI=1S/C50H76N6O9/c1-8-9-10-20-27-42-35(5)49(61)56(7)41(28-33(2)3)46(58)55-44(39-25-18-13-19-26-39)48(60)53-40(29-51-50(62)65-32-38-23-16-12-17-24-38)45(57)54-43(47(59)52-34(4)30-64-42)36(6)63-31-37-21-14-11-15-22-37/h11-12,14-17,21-24,33-36,39-44H,8-10,13,18-20,25-32H2,1-7H3,(H,51,62)(H,52,59)(H,53,60)(H,54,57)(H,55,58)/t34-,35-,36+,40+,41+,42-,43+,44+/m1/s1. The molecule has 2 fully saturated rings. The van der Waals surface area contributed by atoms with Crippen LogP contribution < -0.4 is 26.6 Å². The molecular formula is C50H76N6O9. The van der Waals surface area contributed by atoms with E-state index in [0.29, 0.717) is 25.7 Å². The molecule has 0 unspecified atom stereocenters. The molecule has 15 heteroatoms. The van der Waals surface area contributed by atoms with Crippen molar-refractivity contribution in [3.8, 4) is 0 Å². The zero-order valence-electron chi connectivity index (χ0n) is 39.8. The van der Waals surface area contributed by atoms with Gasteiger partial charge in [-0.1, -0.05) is 133 Å². The zero-order valence-corrected chi connectivity index (χ0v) is 39.8. The van der Waals surface area contributed by atoms with Crippen molar-refractivity contribution in [1.82, 2.24) is 31.5 Å². The number of rotatable bonds is 16. The molecule has 2 aliphatic rings. The van der Waals surface area contributed by atoms with E-state index in [1.165, 1.54) is 4.90 Å². The van der Waals surface area contributed by atoms with E-state index < -0.39 is 84.6 Å². The third-order valence-electron chi connectivity index (χ3n) is 12.5. The summed E-state index contributed by atoms with van der Waals surface area (Å²) < 4.78 is 18.1. The van der Waals surface area contributed by atoms with Gasteiger partial charge in [-0.15, -0.1) is 0 Å². The number of nitrogens with one attached hydrogen (secondary N) is 5. The lowest BCUT2D eigenvalue weighted by Crippen LogP contribution is -2.63. The molecule has 0 spiro atoms. The minimum absolute atomic E-state index is 0.0261. The van der Waals surface area contributed by atoms with Gasteiger partial charge in [-0.3, -0.25) is 24.0 Å². The molecule has 4 rings (SSSR count). The molecule has 0 radical (unpaired) electrons. The van der Waals surface area contributed by atoms with E-state index in [1.807, 2.05) is 69.3 Å². The molecule has 15 nitrogen and oxygen atoms in total. The van der Waals surface area contributed by atoms with Gasteiger partial charge in [0.1, 0.15) is 30.8 Å². The molecule has 1 aliphatic carbocycles. The Balaban J connectivity index is 1.73. The van der Waals surface area contributed by atoms with E-state index in [0.717, 1.165) is 56.1 Å². The van der Waals surface area contributed by atoms with Crippen molar-refractivity contribution in [3.63, 3.8) is 0 Å². The first-order valence-electron chi connectivity index (χ1n) is 23.9. The summed E-state index contributed by atoms with van der Waals surface area (Å²) >= 11 is 0. The number of hydrogen-bond donors (Lipinski definition) is 5. The van der Waals surface area contributed by atoms with Gasteiger partial charge in [0.05, 0.1) is 37.9 Å². The maximum atomic E-state index is 14.7. The average molecular weight is 905 g/mol. The number of ether oxygens (including phenoxy) is 3. The summed E-state index contributed by atoms with van der Waals surface area (Å²) in [5.41, 5.74) is 1.61. The van der Waals surface area contributed by atoms with Gasteiger partial charge < -0.3 is 45.7 Å². The van der Waals surface area contributed by atoms with Gasteiger partial charge in [0.15, 0.2) is 0 Å². The lowest BCUT2D eigenvalue weighted by atomic mass is 9.83. The quantitative estimate of drug-likeness (QED) is 0.127. The van der Waals surface area contributed by atoms with Crippen LogP contribution in [0.25, 0.3) is 0 Å². The lowest BCUT2D eigenvalue weighted by Gasteiger charge is -2.36. The largest absolute Gasteiger partial charge is 0.445 e. The summed E-state index contributed by atoms with van der Waals surface area (Å²) in [6, 6.07) is 13.3. The zero-order chi connectivity index (χ0) is 47.3. The van der Waals surface area contributed by atoms with Crippen molar-refractivity contribution >= 4 is 35.6 Å². The molecule has 360 valence electrons. The number of carbonyl (C=O) groups excluding carboxylic acids is 6. The van der Waals surface area contributed by atoms with Gasteiger partial charge in [0.2, 0.25) is 29.5 Å². The minimum Gasteiger partial charge on any atom is -0.445 e. The van der Waals surface area contributed by atoms with Crippen LogP contribution in [0.15, 0.2) is 60.7 Å². The van der Waals surface area contributed by atoms with Crippen LogP contribution >= 0.6 is 0 Å². The molecule has 1 heterocycles. The number of likely N-dealkylation sites (N-methyl/N-ethyl adjacent to an activating group) is 1. The van der Waals surface area contributed by atoms with Crippen LogP contribution in [0.3, 0.4) is 0 Å². The maximum Gasteiger partial charge on any atom is 0.407 e. The highest BCUT2D eigenvalue weighted by Gasteiger charge is 2.40. The van der Waals surface area contributed by atoms with Crippen LogP contribution in [0.2, 0.25) is 0 Å². The Kier molecular flexibility index (Phi) is 22.2. The summed E-state index contributed by atoms with van der Waals surface area (Å²) in [5, 5.41) is 14.3. The highest BCUT2D eigenvalue weighted by atomic mass is 16.5. The Hall–Kier alpha value is -5.02. The van der Waals surface area contributed by atoms with Gasteiger partial charge >= 0.3 is 6.09 Å². The van der Waals surface area contributed by atoms with E-state index in [-0.39, 0.29) is 37.6 Å². The van der Waals surface area contributed by atoms with E-state index in [2.05, 4.69) is 33.5 Å². The smallest absolute Gasteiger partial charge is 0.407 e. The van der Waals surface area contributed by atoms with Crippen molar-refractivity contribution in [2.75, 3.05) is 20.2 Å². The van der Waals surface area contributed by atoms with E-state index in [9.17, 15) is 28.8 Å². The minimum atomic E-state index is -1.42. The number of unbranched alkanes of at least 4 members (excludes halogenated alkanes) is 3. The number of carbonyl (C=O) groups is 6. The van der Waals surface area contributed by atoms with Crippen LogP contribution in [-0.4, -0.2) is 103 Å². The third-order valence-corrected chi connectivity index (χ3v) is 12.5. The molecule has 8 atom stereocenters. The van der Waals surface area contributed by atoms with Gasteiger partial charge in [-0.2, -0.15) is 0 Å². The average Bonchev–Trinajstić information content (AvgIpc) is 3.30. The van der Waals surface area contributed by atoms with Crippen LogP contribution in [0.1, 0.15) is 123 Å². The highest BCUT2D eigenvalue weighted by Crippen LogP contribution is 2.28. The van der Waals surface area contributed by atoms with Crippen molar-refractivity contribution in [2.24, 2.45) is 17.8 Å². The Morgan fingerprint density at radius 1 is 0.785 bits per heavy atom. The van der Waals surface area contributed by atoms with Crippen LogP contribution in [-0.2, 0) is 51.4 Å². The Bertz CT molecular complexity index is 1790. The predicted molar refractivity (Wildman–Crippen MR) is 249 cm³/mol. The van der Waals surface area contributed by atoms with Crippen LogP contribution in [0.4, 0.5) is 4.79 Å². The van der Waals surface area contributed by atoms with E-state index in [4.69, 9.17) is 14.2 Å². The maximum absolute atomic E-state index is 14.7. The second-order valence-electron chi connectivity index (χ2n) is 18.4. The monoisotopic (exact) mass is 905 g/mol. The van der Waals surface area contributed by atoms with E-state index >= 15 is 0 Å². The molecule has 6 amide bonds. The molecule has 1 aliphatic heterocycles. The first kappa shape index (κ1) is 52.6. The molecular weight excluding hydrogens is 829 g/mol. The molecule has 2 aromatic rings. The topological polar surface area (TPSA) is 194 Å². The van der Waals surface area contributed by atoms with Gasteiger partial charge in [0, 0.05) is 13.1 Å². The molecule has 0 bridgehead atoms. The second kappa shape index (κ2) is 27.5. The Labute approximate surface area is 386 Å². The number of benzene rings is 2. The number of alkyl carbamates (subject to hydrolysis) is 1. The van der Waals surface area contributed by atoms with E-state index in [1.54, 1.807) is 33.0 Å². The fraction of sp³-hybridized carbons (Fsp3) is 0.640. The summed E-state index contributed by atoms with van der Waals surface area (Å²) in [6.45, 7) is 11.2. The van der Waals surface area contributed by atoms with Crippen LogP contribution in [0, 0.1) is 17.8 Å². The SMILES string of the molecule is CCCCCC[C@H]1OC[C@@H](C)NC(=O)[C@H]([C@H](C)OCc2ccccc2)NC(=O)[C@H](CNC(=O)OCc2ccccc2)NC(=O)[C@H](C2CCCCC2)NC(=O)[C@H](CC(C)C)N(C)C(=O)[C@@H]1C. The number of hydrogen-bond acceptors (Lipinski definition) is 9. The Morgan fingerprint density at radius 2 is 1.43 bits per heavy atom. The van der Waals surface area contributed by atoms with Crippen molar-refractivity contribution in [3.05, 3.63) is 71.8 Å². The molecule has 0 aromatic heterocycles. The van der Waals surface area contributed by atoms with Crippen LogP contribution in [0.5, 0.6) is 0 Å². The first-order valence-corrected chi connectivity index (χ1v) is 23.9. The normalized spacial score (nSPS) is 25.3. The molecule has 1 saturated carbocycles. The van der Waals surface area contributed by atoms with Gasteiger partial charge in [-0.25, -0.2) is 4.79 Å². The van der Waals surface area contributed by atoms with Crippen molar-refractivity contribution in [1.29, 1.82) is 0 Å². The van der Waals surface area contributed by atoms with Gasteiger partial charge in [0.25, 0.3) is 0 Å². The Morgan fingerprint density at radius 3 is 2.06 bits per heavy atom. The second-order valence-corrected chi connectivity index (χ2v) is 18.4. The molecule has 1 saturated heterocycles. The predicted octanol–water partition coefficient (Wildman–Crippen LogP) is 5.94. The fourth-order valence-corrected chi connectivity index (χ4v) is 8.51. The van der Waals surface area contributed by atoms with Crippen molar-refractivity contribution in [2.45, 2.75) is 168 Å². The molecule has 2 aromatic carbocycles. The van der Waals surface area contributed by atoms with Gasteiger partial charge in [-0.05, 0) is 62.5 Å². The highest BCUT2D eigenvalue weighted by molar-refractivity contribution is 5.96. The first-order chi connectivity index (χ1) is 31.2. The lowest BCUT2D eigenvalue weighted by molar-refractivity contribution is -0.147. The summed E-state index contributed by atoms with van der Waals surface area (Å²) in [7, 11) is 1.63. The third kappa shape index (κ3) is 17.4. The summed E-state index contributed by atoms with van der Waals surface area (Å²) in [6.07, 6.45) is 6.64. The number of nitrogens with zero attached hydrogens (tertiary/aromatic N) is 1. The van der Waals surface area contributed by atoms with Crippen molar-refractivity contribution < 1.29 is 43.0 Å². The fourth-order valence-electron chi connectivity index (χ4n) is 8.51.